The number of fused-ring (bicyclic) bond motifs is 5. The molecule has 5 saturated heterocycles. The number of hydrogen-bond donors (Lipinski definition) is 2. The summed E-state index contributed by atoms with van der Waals surface area (Å²) in [5, 5.41) is 14.7. The van der Waals surface area contributed by atoms with E-state index in [1.807, 2.05) is 4.90 Å². The van der Waals surface area contributed by atoms with Crippen molar-refractivity contribution in [3.8, 4) is 24.1 Å². The Hall–Kier alpha value is -4.10. The van der Waals surface area contributed by atoms with E-state index in [0.29, 0.717) is 19.6 Å². The predicted molar refractivity (Wildman–Crippen MR) is 178 cm³/mol. The highest BCUT2D eigenvalue weighted by atomic mass is 32.2. The smallest absolute Gasteiger partial charge is 0.319 e. The first-order chi connectivity index (χ1) is 24.1. The lowest BCUT2D eigenvalue weighted by Crippen LogP contribution is -2.54. The molecule has 1 aromatic heterocycles. The number of halogens is 3. The Kier molecular flexibility index (Phi) is 7.30. The minimum atomic E-state index is -4.62. The molecule has 0 amide bonds. The average molecular weight is 709 g/mol. The fourth-order valence-electron chi connectivity index (χ4n) is 8.86. The van der Waals surface area contributed by atoms with Crippen LogP contribution in [0.3, 0.4) is 0 Å². The van der Waals surface area contributed by atoms with Crippen LogP contribution in [0.1, 0.15) is 48.9 Å². The Labute approximate surface area is 287 Å². The number of sulfonamides is 1. The lowest BCUT2D eigenvalue weighted by molar-refractivity contribution is -0.0232. The van der Waals surface area contributed by atoms with Crippen molar-refractivity contribution in [1.29, 1.82) is 0 Å². The number of nitrogens with one attached hydrogen (secondary N) is 1. The highest BCUT2D eigenvalue weighted by molar-refractivity contribution is 7.89. The monoisotopic (exact) mass is 708 g/mol. The molecule has 262 valence electrons. The van der Waals surface area contributed by atoms with Crippen LogP contribution < -0.4 is 15.0 Å². The van der Waals surface area contributed by atoms with E-state index in [0.717, 1.165) is 42.6 Å². The zero-order valence-electron chi connectivity index (χ0n) is 27.0. The number of aromatic nitrogens is 2. The van der Waals surface area contributed by atoms with Crippen LogP contribution in [0.25, 0.3) is 22.3 Å². The second-order valence-corrected chi connectivity index (χ2v) is 16.0. The van der Waals surface area contributed by atoms with E-state index in [-0.39, 0.29) is 77.8 Å². The fraction of sp³-hybridized carbons (Fsp3) is 0.486. The molecule has 6 aliphatic heterocycles. The summed E-state index contributed by atoms with van der Waals surface area (Å²) in [7, 11) is -4.62. The number of phenols is 1. The normalized spacial score (nSPS) is 28.9. The lowest BCUT2D eigenvalue weighted by Gasteiger charge is -2.42. The molecule has 5 fully saturated rings. The standard InChI is InChI=1S/C35H35F3N6O5S/c1-2-25-27(37)7-4-19-10-24(45)11-26(28(19)25)31-29(38)30-32(50(46,47)44(31)23-16-48-17-23)33(42-14-21-5-6-22(15-42)39-21)41-34(40-30)49-18-35-8-3-9-43(35)13-20(36)12-35/h1,4,7,10-11,20-23,39,45H,3,5-6,8-9,12-18H2/t20-,21?,22?,35+/m1/s1. The van der Waals surface area contributed by atoms with Crippen molar-refractivity contribution in [3.63, 3.8) is 0 Å². The molecule has 2 unspecified atom stereocenters. The maximum absolute atomic E-state index is 17.6. The van der Waals surface area contributed by atoms with Gasteiger partial charge >= 0.3 is 6.01 Å². The Morgan fingerprint density at radius 2 is 1.92 bits per heavy atom. The van der Waals surface area contributed by atoms with E-state index in [2.05, 4.69) is 26.1 Å². The van der Waals surface area contributed by atoms with Crippen molar-refractivity contribution in [2.45, 2.75) is 66.8 Å². The van der Waals surface area contributed by atoms with Crippen molar-refractivity contribution < 1.29 is 36.2 Å². The molecule has 50 heavy (non-hydrogen) atoms. The molecule has 0 spiro atoms. The van der Waals surface area contributed by atoms with Gasteiger partial charge in [0.05, 0.1) is 36.1 Å². The van der Waals surface area contributed by atoms with Gasteiger partial charge in [-0.1, -0.05) is 12.0 Å². The van der Waals surface area contributed by atoms with Crippen LogP contribution in [0.4, 0.5) is 19.0 Å². The van der Waals surface area contributed by atoms with Crippen LogP contribution in [0.15, 0.2) is 29.2 Å². The molecule has 11 nitrogen and oxygen atoms in total. The molecule has 6 aliphatic rings. The number of anilines is 1. The molecular formula is C35H35F3N6O5S. The van der Waals surface area contributed by atoms with Gasteiger partial charge in [-0.05, 0) is 55.8 Å². The van der Waals surface area contributed by atoms with Gasteiger partial charge in [0.25, 0.3) is 10.0 Å². The summed E-state index contributed by atoms with van der Waals surface area (Å²) in [6, 6.07) is 4.18. The molecule has 7 heterocycles. The molecule has 9 rings (SSSR count). The quantitative estimate of drug-likeness (QED) is 0.368. The van der Waals surface area contributed by atoms with E-state index < -0.39 is 55.7 Å². The number of piperazine rings is 1. The minimum absolute atomic E-state index is 0.0227. The molecule has 2 bridgehead atoms. The van der Waals surface area contributed by atoms with Crippen LogP contribution in [0.2, 0.25) is 0 Å². The maximum Gasteiger partial charge on any atom is 0.319 e. The molecule has 15 heteroatoms. The van der Waals surface area contributed by atoms with Gasteiger partial charge in [-0.2, -0.15) is 9.97 Å². The molecular weight excluding hydrogens is 673 g/mol. The van der Waals surface area contributed by atoms with E-state index in [4.69, 9.17) is 15.9 Å². The summed E-state index contributed by atoms with van der Waals surface area (Å²) in [6.45, 7) is 1.91. The number of phenolic OH excluding ortho intramolecular Hbond substituents is 1. The number of rotatable bonds is 6. The summed E-state index contributed by atoms with van der Waals surface area (Å²) in [5.41, 5.74) is -1.84. The van der Waals surface area contributed by atoms with Gasteiger partial charge in [0.1, 0.15) is 30.0 Å². The van der Waals surface area contributed by atoms with Crippen LogP contribution >= 0.6 is 0 Å². The van der Waals surface area contributed by atoms with Crippen LogP contribution in [0.5, 0.6) is 11.8 Å². The zero-order chi connectivity index (χ0) is 34.5. The fourth-order valence-corrected chi connectivity index (χ4v) is 10.8. The largest absolute Gasteiger partial charge is 0.508 e. The number of hydrogen-bond acceptors (Lipinski definition) is 10. The first kappa shape index (κ1) is 31.9. The van der Waals surface area contributed by atoms with Gasteiger partial charge < -0.3 is 24.8 Å². The number of ether oxygens (including phenoxy) is 2. The zero-order valence-corrected chi connectivity index (χ0v) is 27.9. The van der Waals surface area contributed by atoms with Crippen molar-refractivity contribution in [2.75, 3.05) is 50.9 Å². The number of alkyl halides is 1. The van der Waals surface area contributed by atoms with Crippen LogP contribution in [-0.2, 0) is 14.8 Å². The average Bonchev–Trinajstić information content (AvgIpc) is 3.71. The number of nitrogens with zero attached hydrogens (tertiary/aromatic N) is 5. The third-order valence-corrected chi connectivity index (χ3v) is 13.0. The van der Waals surface area contributed by atoms with Crippen LogP contribution in [-0.4, -0.2) is 109 Å². The van der Waals surface area contributed by atoms with Crippen molar-refractivity contribution in [3.05, 3.63) is 46.9 Å². The first-order valence-corrected chi connectivity index (χ1v) is 18.4. The second-order valence-electron chi connectivity index (χ2n) is 14.2. The number of benzene rings is 2. The van der Waals surface area contributed by atoms with E-state index in [9.17, 15) is 17.9 Å². The van der Waals surface area contributed by atoms with Crippen molar-refractivity contribution >= 4 is 38.1 Å². The Morgan fingerprint density at radius 3 is 2.64 bits per heavy atom. The number of aromatic hydroxyl groups is 1. The van der Waals surface area contributed by atoms with Gasteiger partial charge in [0.2, 0.25) is 0 Å². The van der Waals surface area contributed by atoms with Gasteiger partial charge in [-0.15, -0.1) is 6.42 Å². The van der Waals surface area contributed by atoms with Crippen molar-refractivity contribution in [1.82, 2.24) is 24.5 Å². The summed E-state index contributed by atoms with van der Waals surface area (Å²) in [5.74, 6) is 0.248. The Morgan fingerprint density at radius 1 is 1.14 bits per heavy atom. The van der Waals surface area contributed by atoms with Crippen molar-refractivity contribution in [2.24, 2.45) is 0 Å². The second kappa shape index (κ2) is 11.5. The van der Waals surface area contributed by atoms with Gasteiger partial charge in [-0.3, -0.25) is 9.21 Å². The van der Waals surface area contributed by atoms with E-state index >= 15 is 8.78 Å². The highest BCUT2D eigenvalue weighted by Crippen LogP contribution is 2.50. The lowest BCUT2D eigenvalue weighted by atomic mass is 9.95. The number of terminal acetylenes is 1. The molecule has 2 N–H and O–H groups in total. The molecule has 0 aliphatic carbocycles. The summed E-state index contributed by atoms with van der Waals surface area (Å²) in [4.78, 5) is 12.6. The Bertz CT molecular complexity index is 2110. The van der Waals surface area contributed by atoms with Crippen LogP contribution in [0, 0.1) is 18.2 Å². The first-order valence-electron chi connectivity index (χ1n) is 17.0. The third-order valence-electron chi connectivity index (χ3n) is 11.1. The maximum atomic E-state index is 17.6. The van der Waals surface area contributed by atoms with E-state index in [1.165, 1.54) is 18.2 Å². The SMILES string of the molecule is C#Cc1c(F)ccc2cc(O)cc(C3=C(F)c4nc(OC[C@@]56CCCN5C[C@H](F)C6)nc(N5CC6CCC(C5)N6)c4S(=O)(=O)N3C3COC3)c12. The molecule has 0 saturated carbocycles. The highest BCUT2D eigenvalue weighted by Gasteiger charge is 2.51. The minimum Gasteiger partial charge on any atom is -0.508 e. The summed E-state index contributed by atoms with van der Waals surface area (Å²) >= 11 is 0. The van der Waals surface area contributed by atoms with Gasteiger partial charge in [-0.25, -0.2) is 21.6 Å². The molecule has 0 radical (unpaired) electrons. The van der Waals surface area contributed by atoms with E-state index in [1.54, 1.807) is 0 Å². The third kappa shape index (κ3) is 4.79. The van der Waals surface area contributed by atoms with Gasteiger partial charge in [0, 0.05) is 49.1 Å². The topological polar surface area (TPSA) is 120 Å². The molecule has 3 aromatic rings. The Balaban J connectivity index is 1.27. The van der Waals surface area contributed by atoms with Gasteiger partial charge in [0.15, 0.2) is 16.5 Å². The summed E-state index contributed by atoms with van der Waals surface area (Å²) < 4.78 is 89.9. The predicted octanol–water partition coefficient (Wildman–Crippen LogP) is 3.55. The molecule has 2 aromatic carbocycles. The summed E-state index contributed by atoms with van der Waals surface area (Å²) in [6.07, 6.45) is 8.43. The molecule has 4 atom stereocenters.